The average molecular weight is 431 g/mol. The molecule has 1 aliphatic heterocycles. The number of amides is 1. The number of nitrogens with one attached hydrogen (secondary N) is 2. The fourth-order valence-electron chi connectivity index (χ4n) is 2.93. The Morgan fingerprint density at radius 3 is 2.62 bits per heavy atom. The Kier molecular flexibility index (Phi) is 5.27. The van der Waals surface area contributed by atoms with E-state index in [0.29, 0.717) is 37.4 Å². The first kappa shape index (κ1) is 18.8. The molecule has 0 bridgehead atoms. The zero-order valence-corrected chi connectivity index (χ0v) is 15.6. The highest BCUT2D eigenvalue weighted by atomic mass is 79.9. The van der Waals surface area contributed by atoms with Gasteiger partial charge in [-0.15, -0.1) is 0 Å². The molecule has 0 aromatic carbocycles. The fourth-order valence-corrected chi connectivity index (χ4v) is 3.26. The van der Waals surface area contributed by atoms with Crippen LogP contribution in [0.25, 0.3) is 0 Å². The minimum atomic E-state index is -4.45. The number of H-pyrrole nitrogens is 1. The van der Waals surface area contributed by atoms with Crippen LogP contribution in [0, 0.1) is 6.92 Å². The Hall–Kier alpha value is -2.03. The van der Waals surface area contributed by atoms with Crippen molar-refractivity contribution < 1.29 is 18.0 Å². The van der Waals surface area contributed by atoms with Gasteiger partial charge in [-0.2, -0.15) is 13.2 Å². The lowest BCUT2D eigenvalue weighted by atomic mass is 10.0. The van der Waals surface area contributed by atoms with E-state index in [2.05, 4.69) is 31.2 Å². The second kappa shape index (κ2) is 7.30. The van der Waals surface area contributed by atoms with Crippen LogP contribution in [0.15, 0.2) is 28.7 Å². The number of piperidine rings is 1. The Morgan fingerprint density at radius 2 is 2.04 bits per heavy atom. The van der Waals surface area contributed by atoms with Gasteiger partial charge in [-0.1, -0.05) is 6.07 Å². The molecule has 1 amide bonds. The standard InChI is InChI=1S/C17H18BrF3N4O/c1-10-12(18)9-13(22-10)16(26)23-11-5-7-25(8-6-11)15-4-2-3-14(24-15)17(19,20)21/h2-4,9,11,22H,5-8H2,1H3,(H,23,26). The number of rotatable bonds is 3. The topological polar surface area (TPSA) is 61.0 Å². The van der Waals surface area contributed by atoms with Crippen LogP contribution in [0.2, 0.25) is 0 Å². The van der Waals surface area contributed by atoms with Gasteiger partial charge < -0.3 is 15.2 Å². The Bertz CT molecular complexity index is 778. The van der Waals surface area contributed by atoms with Crippen LogP contribution in [0.1, 0.15) is 34.7 Å². The zero-order chi connectivity index (χ0) is 18.9. The van der Waals surface area contributed by atoms with E-state index in [9.17, 15) is 18.0 Å². The average Bonchev–Trinajstić information content (AvgIpc) is 2.94. The van der Waals surface area contributed by atoms with Gasteiger partial charge in [0.1, 0.15) is 17.2 Å². The summed E-state index contributed by atoms with van der Waals surface area (Å²) >= 11 is 3.36. The lowest BCUT2D eigenvalue weighted by molar-refractivity contribution is -0.141. The number of carbonyl (C=O) groups excluding carboxylic acids is 1. The molecular weight excluding hydrogens is 413 g/mol. The molecular formula is C17H18BrF3N4O. The molecule has 1 aliphatic rings. The van der Waals surface area contributed by atoms with Crippen molar-refractivity contribution in [3.05, 3.63) is 45.8 Å². The summed E-state index contributed by atoms with van der Waals surface area (Å²) in [5.74, 6) is 0.128. The van der Waals surface area contributed by atoms with Gasteiger partial charge in [-0.3, -0.25) is 4.79 Å². The van der Waals surface area contributed by atoms with Gasteiger partial charge in [0, 0.05) is 29.3 Å². The smallest absolute Gasteiger partial charge is 0.356 e. The highest BCUT2D eigenvalue weighted by Crippen LogP contribution is 2.29. The van der Waals surface area contributed by atoms with Crippen molar-refractivity contribution >= 4 is 27.7 Å². The summed E-state index contributed by atoms with van der Waals surface area (Å²) in [7, 11) is 0. The maximum Gasteiger partial charge on any atom is 0.433 e. The van der Waals surface area contributed by atoms with Crippen LogP contribution in [0.5, 0.6) is 0 Å². The van der Waals surface area contributed by atoms with Crippen molar-refractivity contribution in [3.63, 3.8) is 0 Å². The Balaban J connectivity index is 1.58. The molecule has 0 aliphatic carbocycles. The number of pyridine rings is 1. The van der Waals surface area contributed by atoms with Crippen molar-refractivity contribution in [3.8, 4) is 0 Å². The van der Waals surface area contributed by atoms with E-state index >= 15 is 0 Å². The van der Waals surface area contributed by atoms with Crippen LogP contribution < -0.4 is 10.2 Å². The summed E-state index contributed by atoms with van der Waals surface area (Å²) in [5, 5.41) is 2.97. The molecule has 1 saturated heterocycles. The van der Waals surface area contributed by atoms with Crippen LogP contribution in [-0.4, -0.2) is 35.0 Å². The summed E-state index contributed by atoms with van der Waals surface area (Å²) in [6.45, 7) is 2.93. The highest BCUT2D eigenvalue weighted by molar-refractivity contribution is 9.10. The maximum absolute atomic E-state index is 12.8. The third kappa shape index (κ3) is 4.20. The number of anilines is 1. The van der Waals surface area contributed by atoms with E-state index in [1.165, 1.54) is 6.07 Å². The number of hydrogen-bond donors (Lipinski definition) is 2. The van der Waals surface area contributed by atoms with Crippen molar-refractivity contribution in [2.45, 2.75) is 32.0 Å². The lowest BCUT2D eigenvalue weighted by Crippen LogP contribution is -2.45. The molecule has 2 aromatic rings. The van der Waals surface area contributed by atoms with Gasteiger partial charge in [-0.05, 0) is 53.9 Å². The molecule has 26 heavy (non-hydrogen) atoms. The SMILES string of the molecule is Cc1[nH]c(C(=O)NC2CCN(c3cccc(C(F)(F)F)n3)CC2)cc1Br. The van der Waals surface area contributed by atoms with Gasteiger partial charge in [0.15, 0.2) is 0 Å². The summed E-state index contributed by atoms with van der Waals surface area (Å²) in [4.78, 5) is 20.8. The predicted octanol–water partition coefficient (Wildman–Crippen LogP) is 3.90. The fraction of sp³-hybridized carbons (Fsp3) is 0.412. The molecule has 5 nitrogen and oxygen atoms in total. The highest BCUT2D eigenvalue weighted by Gasteiger charge is 2.33. The Labute approximate surface area is 157 Å². The van der Waals surface area contributed by atoms with E-state index in [-0.39, 0.29) is 11.9 Å². The van der Waals surface area contributed by atoms with E-state index in [0.717, 1.165) is 16.2 Å². The number of aromatic amines is 1. The first-order valence-electron chi connectivity index (χ1n) is 8.19. The van der Waals surface area contributed by atoms with Gasteiger partial charge in [0.05, 0.1) is 0 Å². The minimum Gasteiger partial charge on any atom is -0.356 e. The minimum absolute atomic E-state index is 0.0214. The number of nitrogens with zero attached hydrogens (tertiary/aromatic N) is 2. The van der Waals surface area contributed by atoms with Crippen LogP contribution >= 0.6 is 15.9 Å². The number of hydrogen-bond acceptors (Lipinski definition) is 3. The number of alkyl halides is 3. The first-order chi connectivity index (χ1) is 12.2. The molecule has 9 heteroatoms. The summed E-state index contributed by atoms with van der Waals surface area (Å²) in [6.07, 6.45) is -3.17. The summed E-state index contributed by atoms with van der Waals surface area (Å²) < 4.78 is 39.2. The van der Waals surface area contributed by atoms with Gasteiger partial charge in [0.2, 0.25) is 0 Å². The lowest BCUT2D eigenvalue weighted by Gasteiger charge is -2.33. The normalized spacial score (nSPS) is 16.0. The first-order valence-corrected chi connectivity index (χ1v) is 8.98. The van der Waals surface area contributed by atoms with Crippen molar-refractivity contribution in [1.82, 2.24) is 15.3 Å². The maximum atomic E-state index is 12.8. The van der Waals surface area contributed by atoms with Crippen LogP contribution in [0.4, 0.5) is 19.0 Å². The zero-order valence-electron chi connectivity index (χ0n) is 14.0. The number of aryl methyl sites for hydroxylation is 1. The molecule has 140 valence electrons. The quantitative estimate of drug-likeness (QED) is 0.775. The third-order valence-electron chi connectivity index (χ3n) is 4.38. The van der Waals surface area contributed by atoms with E-state index in [4.69, 9.17) is 0 Å². The summed E-state index contributed by atoms with van der Waals surface area (Å²) in [5.41, 5.74) is 0.468. The number of carbonyl (C=O) groups is 1. The van der Waals surface area contributed by atoms with E-state index in [1.807, 2.05) is 11.8 Å². The molecule has 0 radical (unpaired) electrons. The molecule has 0 saturated carbocycles. The molecule has 0 atom stereocenters. The van der Waals surface area contributed by atoms with Gasteiger partial charge in [0.25, 0.3) is 5.91 Å². The molecule has 2 aromatic heterocycles. The monoisotopic (exact) mass is 430 g/mol. The molecule has 0 unspecified atom stereocenters. The number of aromatic nitrogens is 2. The second-order valence-electron chi connectivity index (χ2n) is 6.27. The van der Waals surface area contributed by atoms with E-state index in [1.54, 1.807) is 12.1 Å². The van der Waals surface area contributed by atoms with Gasteiger partial charge in [-0.25, -0.2) is 4.98 Å². The number of halogens is 4. The summed E-state index contributed by atoms with van der Waals surface area (Å²) in [6, 6.07) is 5.61. The van der Waals surface area contributed by atoms with Crippen molar-refractivity contribution in [2.24, 2.45) is 0 Å². The molecule has 0 spiro atoms. The Morgan fingerprint density at radius 1 is 1.35 bits per heavy atom. The van der Waals surface area contributed by atoms with Gasteiger partial charge >= 0.3 is 6.18 Å². The second-order valence-corrected chi connectivity index (χ2v) is 7.12. The molecule has 3 heterocycles. The van der Waals surface area contributed by atoms with E-state index < -0.39 is 11.9 Å². The van der Waals surface area contributed by atoms with Crippen molar-refractivity contribution in [2.75, 3.05) is 18.0 Å². The molecule has 2 N–H and O–H groups in total. The van der Waals surface area contributed by atoms with Crippen LogP contribution in [-0.2, 0) is 6.18 Å². The third-order valence-corrected chi connectivity index (χ3v) is 5.20. The van der Waals surface area contributed by atoms with Crippen LogP contribution in [0.3, 0.4) is 0 Å². The van der Waals surface area contributed by atoms with Crippen molar-refractivity contribution in [1.29, 1.82) is 0 Å². The largest absolute Gasteiger partial charge is 0.433 e. The predicted molar refractivity (Wildman–Crippen MR) is 95.2 cm³/mol. The molecule has 3 rings (SSSR count). The molecule has 1 fully saturated rings.